The third kappa shape index (κ3) is 3.90. The van der Waals surface area contributed by atoms with Gasteiger partial charge in [-0.1, -0.05) is 0 Å². The van der Waals surface area contributed by atoms with Crippen molar-refractivity contribution in [2.45, 2.75) is 31.4 Å². The molecule has 0 atom stereocenters. The van der Waals surface area contributed by atoms with E-state index in [-0.39, 0.29) is 25.1 Å². The van der Waals surface area contributed by atoms with E-state index in [1.54, 1.807) is 0 Å². The van der Waals surface area contributed by atoms with Crippen molar-refractivity contribution >= 4 is 11.9 Å². The van der Waals surface area contributed by atoms with E-state index in [4.69, 9.17) is 9.84 Å². The first-order valence-electron chi connectivity index (χ1n) is 5.88. The number of carboxylic acids is 1. The summed E-state index contributed by atoms with van der Waals surface area (Å²) < 4.78 is 31.3. The van der Waals surface area contributed by atoms with Crippen molar-refractivity contribution in [2.75, 3.05) is 6.61 Å². The lowest BCUT2D eigenvalue weighted by atomic mass is 9.88. The minimum absolute atomic E-state index is 0.140. The Labute approximate surface area is 112 Å². The van der Waals surface area contributed by atoms with Gasteiger partial charge in [-0.05, 0) is 0 Å². The number of hydrogen-bond acceptors (Lipinski definition) is 4. The molecule has 0 bridgehead atoms. The molecular formula is C11H13F2N3O4. The number of carboxylic acid groups (broad SMARTS) is 1. The number of halogens is 2. The van der Waals surface area contributed by atoms with E-state index in [2.05, 4.69) is 10.4 Å². The number of nitrogens with zero attached hydrogens (tertiary/aromatic N) is 2. The number of carbonyl (C=O) groups is 2. The van der Waals surface area contributed by atoms with Crippen molar-refractivity contribution in [3.8, 4) is 5.75 Å². The Morgan fingerprint density at radius 3 is 2.85 bits per heavy atom. The fraction of sp³-hybridized carbons (Fsp3) is 0.545. The Balaban J connectivity index is 1.75. The van der Waals surface area contributed by atoms with Gasteiger partial charge in [0.2, 0.25) is 5.91 Å². The van der Waals surface area contributed by atoms with Gasteiger partial charge in [0.25, 0.3) is 5.92 Å². The van der Waals surface area contributed by atoms with Crippen molar-refractivity contribution in [1.29, 1.82) is 0 Å². The number of amides is 1. The maximum absolute atomic E-state index is 12.6. The molecule has 1 aliphatic rings. The number of alkyl halides is 2. The van der Waals surface area contributed by atoms with Crippen molar-refractivity contribution in [3.63, 3.8) is 0 Å². The number of hydrogen-bond donors (Lipinski definition) is 2. The van der Waals surface area contributed by atoms with Crippen LogP contribution < -0.4 is 10.1 Å². The quantitative estimate of drug-likeness (QED) is 0.783. The lowest BCUT2D eigenvalue weighted by molar-refractivity contribution is -0.139. The van der Waals surface area contributed by atoms with E-state index in [9.17, 15) is 18.4 Å². The highest BCUT2D eigenvalue weighted by Crippen LogP contribution is 2.37. The van der Waals surface area contributed by atoms with Gasteiger partial charge in [-0.15, -0.1) is 0 Å². The van der Waals surface area contributed by atoms with Crippen molar-refractivity contribution < 1.29 is 28.2 Å². The molecule has 20 heavy (non-hydrogen) atoms. The molecule has 1 aliphatic carbocycles. The van der Waals surface area contributed by atoms with Crippen LogP contribution in [0.15, 0.2) is 12.4 Å². The largest absolute Gasteiger partial charge is 0.479 e. The fourth-order valence-corrected chi connectivity index (χ4v) is 1.83. The first-order chi connectivity index (χ1) is 9.34. The first-order valence-corrected chi connectivity index (χ1v) is 5.88. The molecule has 0 aliphatic heterocycles. The summed E-state index contributed by atoms with van der Waals surface area (Å²) in [6.07, 6.45) is 1.95. The van der Waals surface area contributed by atoms with Gasteiger partial charge < -0.3 is 15.2 Å². The minimum atomic E-state index is -2.68. The monoisotopic (exact) mass is 289 g/mol. The van der Waals surface area contributed by atoms with Crippen molar-refractivity contribution in [3.05, 3.63) is 12.4 Å². The number of nitrogens with one attached hydrogen (secondary N) is 1. The van der Waals surface area contributed by atoms with E-state index in [1.807, 2.05) is 0 Å². The molecular weight excluding hydrogens is 276 g/mol. The predicted molar refractivity (Wildman–Crippen MR) is 61.5 cm³/mol. The lowest BCUT2D eigenvalue weighted by Gasteiger charge is -2.35. The summed E-state index contributed by atoms with van der Waals surface area (Å²) >= 11 is 0. The Morgan fingerprint density at radius 1 is 1.55 bits per heavy atom. The number of aliphatic carboxylic acids is 1. The van der Waals surface area contributed by atoms with Crippen LogP contribution in [0.5, 0.6) is 5.75 Å². The molecule has 110 valence electrons. The van der Waals surface area contributed by atoms with Gasteiger partial charge in [-0.2, -0.15) is 5.10 Å². The highest BCUT2D eigenvalue weighted by atomic mass is 19.3. The van der Waals surface area contributed by atoms with Gasteiger partial charge in [0.15, 0.2) is 12.4 Å². The van der Waals surface area contributed by atoms with Gasteiger partial charge in [-0.25, -0.2) is 13.6 Å². The summed E-state index contributed by atoms with van der Waals surface area (Å²) in [5.41, 5.74) is 0. The molecule has 0 saturated heterocycles. The molecule has 9 heteroatoms. The molecule has 0 aromatic carbocycles. The summed E-state index contributed by atoms with van der Waals surface area (Å²) in [6.45, 7) is -0.645. The minimum Gasteiger partial charge on any atom is -0.479 e. The summed E-state index contributed by atoms with van der Waals surface area (Å²) in [7, 11) is 0. The molecule has 1 saturated carbocycles. The molecule has 2 N–H and O–H groups in total. The van der Waals surface area contributed by atoms with Gasteiger partial charge in [0.1, 0.15) is 6.54 Å². The molecule has 0 spiro atoms. The highest BCUT2D eigenvalue weighted by molar-refractivity contribution is 5.76. The smallest absolute Gasteiger partial charge is 0.341 e. The van der Waals surface area contributed by atoms with Crippen LogP contribution in [-0.4, -0.2) is 45.3 Å². The van der Waals surface area contributed by atoms with Crippen LogP contribution in [0.3, 0.4) is 0 Å². The highest BCUT2D eigenvalue weighted by Gasteiger charge is 2.45. The van der Waals surface area contributed by atoms with Crippen LogP contribution in [0.4, 0.5) is 8.78 Å². The van der Waals surface area contributed by atoms with Gasteiger partial charge >= 0.3 is 5.97 Å². The standard InChI is InChI=1S/C11H13F2N3O4/c12-11(13)1-7(2-11)15-9(17)5-16-4-8(3-14-16)20-6-10(18)19/h3-4,7H,1-2,5-6H2,(H,15,17)(H,18,19). The topological polar surface area (TPSA) is 93.4 Å². The predicted octanol–water partition coefficient (Wildman–Crippen LogP) is 0.260. The summed E-state index contributed by atoms with van der Waals surface area (Å²) in [4.78, 5) is 21.8. The molecule has 1 aromatic heterocycles. The fourth-order valence-electron chi connectivity index (χ4n) is 1.83. The maximum Gasteiger partial charge on any atom is 0.341 e. The van der Waals surface area contributed by atoms with E-state index in [0.29, 0.717) is 0 Å². The van der Waals surface area contributed by atoms with Crippen molar-refractivity contribution in [1.82, 2.24) is 15.1 Å². The molecule has 1 aromatic rings. The number of rotatable bonds is 6. The third-order valence-corrected chi connectivity index (χ3v) is 2.73. The van der Waals surface area contributed by atoms with Crippen LogP contribution in [0.25, 0.3) is 0 Å². The molecule has 0 radical (unpaired) electrons. The summed E-state index contributed by atoms with van der Waals surface area (Å²) in [5, 5.41) is 14.7. The normalized spacial score (nSPS) is 17.3. The summed E-state index contributed by atoms with van der Waals surface area (Å²) in [5.74, 6) is -4.02. The zero-order chi connectivity index (χ0) is 14.8. The SMILES string of the molecule is O=C(O)COc1cnn(CC(=O)NC2CC(F)(F)C2)c1. The van der Waals surface area contributed by atoms with Crippen LogP contribution in [0.2, 0.25) is 0 Å². The molecule has 1 heterocycles. The molecule has 7 nitrogen and oxygen atoms in total. The number of aromatic nitrogens is 2. The Kier molecular flexibility index (Phi) is 3.86. The van der Waals surface area contributed by atoms with E-state index in [1.165, 1.54) is 17.1 Å². The van der Waals surface area contributed by atoms with Crippen LogP contribution in [0.1, 0.15) is 12.8 Å². The second kappa shape index (κ2) is 5.43. The Bertz CT molecular complexity index is 510. The number of ether oxygens (including phenoxy) is 1. The molecule has 0 unspecified atom stereocenters. The van der Waals surface area contributed by atoms with Gasteiger partial charge in [0.05, 0.1) is 12.4 Å². The lowest BCUT2D eigenvalue weighted by Crippen LogP contribution is -2.51. The second-order valence-corrected chi connectivity index (χ2v) is 4.58. The molecule has 2 rings (SSSR count). The van der Waals surface area contributed by atoms with Crippen LogP contribution >= 0.6 is 0 Å². The average Bonchev–Trinajstić information content (AvgIpc) is 2.71. The second-order valence-electron chi connectivity index (χ2n) is 4.58. The van der Waals surface area contributed by atoms with E-state index >= 15 is 0 Å². The Morgan fingerprint density at radius 2 is 2.25 bits per heavy atom. The molecule has 1 fully saturated rings. The first kappa shape index (κ1) is 14.2. The Hall–Kier alpha value is -2.19. The zero-order valence-corrected chi connectivity index (χ0v) is 10.4. The maximum atomic E-state index is 12.6. The average molecular weight is 289 g/mol. The third-order valence-electron chi connectivity index (χ3n) is 2.73. The zero-order valence-electron chi connectivity index (χ0n) is 10.4. The van der Waals surface area contributed by atoms with E-state index in [0.717, 1.165) is 0 Å². The van der Waals surface area contributed by atoms with Gasteiger partial charge in [-0.3, -0.25) is 9.48 Å². The van der Waals surface area contributed by atoms with Crippen LogP contribution in [-0.2, 0) is 16.1 Å². The van der Waals surface area contributed by atoms with E-state index < -0.39 is 30.4 Å². The van der Waals surface area contributed by atoms with Gasteiger partial charge in [0, 0.05) is 18.9 Å². The molecule has 1 amide bonds. The summed E-state index contributed by atoms with van der Waals surface area (Å²) in [6, 6.07) is -0.504. The van der Waals surface area contributed by atoms with Crippen LogP contribution in [0, 0.1) is 0 Å². The van der Waals surface area contributed by atoms with Crippen molar-refractivity contribution in [2.24, 2.45) is 0 Å². The number of carbonyl (C=O) groups excluding carboxylic acids is 1.